The molecule has 0 spiro atoms. The van der Waals surface area contributed by atoms with E-state index in [1.807, 2.05) is 28.8 Å². The number of nitrogens with one attached hydrogen (secondary N) is 1. The molecule has 1 aliphatic heterocycles. The summed E-state index contributed by atoms with van der Waals surface area (Å²) in [7, 11) is 0. The number of carbonyl (C=O) groups is 1. The van der Waals surface area contributed by atoms with E-state index in [-0.39, 0.29) is 17.5 Å². The maximum absolute atomic E-state index is 12.9. The van der Waals surface area contributed by atoms with E-state index in [2.05, 4.69) is 10.3 Å². The Balaban J connectivity index is 1.28. The molecule has 0 unspecified atom stereocenters. The number of nitro groups is 1. The van der Waals surface area contributed by atoms with Gasteiger partial charge in [-0.05, 0) is 43.5 Å². The van der Waals surface area contributed by atoms with E-state index < -0.39 is 22.4 Å². The fraction of sp³-hybridized carbons (Fsp3) is 0.391. The summed E-state index contributed by atoms with van der Waals surface area (Å²) >= 11 is 0. The number of halogens is 3. The van der Waals surface area contributed by atoms with Gasteiger partial charge in [-0.2, -0.15) is 13.2 Å². The van der Waals surface area contributed by atoms with E-state index in [0.717, 1.165) is 36.1 Å². The zero-order valence-corrected chi connectivity index (χ0v) is 18.3. The Morgan fingerprint density at radius 3 is 2.62 bits per heavy atom. The van der Waals surface area contributed by atoms with Gasteiger partial charge in [-0.3, -0.25) is 14.9 Å². The normalized spacial score (nSPS) is 15.0. The van der Waals surface area contributed by atoms with Crippen LogP contribution in [-0.2, 0) is 17.5 Å². The van der Waals surface area contributed by atoms with Crippen molar-refractivity contribution in [2.24, 2.45) is 5.92 Å². The summed E-state index contributed by atoms with van der Waals surface area (Å²) in [5.74, 6) is -0.309. The summed E-state index contributed by atoms with van der Waals surface area (Å²) < 4.78 is 40.8. The molecule has 1 aromatic heterocycles. The van der Waals surface area contributed by atoms with Crippen molar-refractivity contribution in [3.05, 3.63) is 64.5 Å². The molecular formula is C23H24F3N5O3. The molecule has 1 amide bonds. The SMILES string of the molecule is O=C(NCCCn1cnc2ccccc21)C1CCN(c2ccc(C(F)(F)F)cc2[N+](=O)[O-])CC1. The Bertz CT molecular complexity index is 1190. The first-order chi connectivity index (χ1) is 16.2. The number of alkyl halides is 3. The Morgan fingerprint density at radius 2 is 1.91 bits per heavy atom. The second-order valence-electron chi connectivity index (χ2n) is 8.29. The number of benzene rings is 2. The number of nitrogens with zero attached hydrogens (tertiary/aromatic N) is 4. The highest BCUT2D eigenvalue weighted by Crippen LogP contribution is 2.37. The highest BCUT2D eigenvalue weighted by atomic mass is 19.4. The third-order valence-electron chi connectivity index (χ3n) is 6.11. The van der Waals surface area contributed by atoms with Gasteiger partial charge in [0.2, 0.25) is 5.91 Å². The second-order valence-corrected chi connectivity index (χ2v) is 8.29. The zero-order chi connectivity index (χ0) is 24.3. The highest BCUT2D eigenvalue weighted by Gasteiger charge is 2.34. The van der Waals surface area contributed by atoms with Gasteiger partial charge in [0.25, 0.3) is 5.69 Å². The molecule has 3 aromatic rings. The molecular weight excluding hydrogens is 451 g/mol. The molecule has 1 N–H and O–H groups in total. The molecule has 8 nitrogen and oxygen atoms in total. The number of rotatable bonds is 7. The summed E-state index contributed by atoms with van der Waals surface area (Å²) in [6.45, 7) is 1.93. The largest absolute Gasteiger partial charge is 0.416 e. The number of aromatic nitrogens is 2. The van der Waals surface area contributed by atoms with Crippen molar-refractivity contribution in [1.29, 1.82) is 0 Å². The molecule has 180 valence electrons. The van der Waals surface area contributed by atoms with Crippen LogP contribution >= 0.6 is 0 Å². The number of nitro benzene ring substituents is 1. The van der Waals surface area contributed by atoms with Crippen LogP contribution < -0.4 is 10.2 Å². The van der Waals surface area contributed by atoms with Crippen molar-refractivity contribution in [2.45, 2.75) is 32.0 Å². The van der Waals surface area contributed by atoms with Crippen LogP contribution in [0.2, 0.25) is 0 Å². The Labute approximate surface area is 193 Å². The minimum atomic E-state index is -4.65. The van der Waals surface area contributed by atoms with Gasteiger partial charge in [0.15, 0.2) is 0 Å². The van der Waals surface area contributed by atoms with Crippen LogP contribution in [0.1, 0.15) is 24.8 Å². The molecule has 0 aliphatic carbocycles. The quantitative estimate of drug-likeness (QED) is 0.311. The summed E-state index contributed by atoms with van der Waals surface area (Å²) in [5.41, 5.74) is 0.472. The lowest BCUT2D eigenvalue weighted by Crippen LogP contribution is -2.41. The van der Waals surface area contributed by atoms with Crippen LogP contribution in [0.4, 0.5) is 24.5 Å². The van der Waals surface area contributed by atoms with E-state index in [4.69, 9.17) is 0 Å². The van der Waals surface area contributed by atoms with Gasteiger partial charge in [-0.1, -0.05) is 12.1 Å². The van der Waals surface area contributed by atoms with Crippen molar-refractivity contribution in [3.8, 4) is 0 Å². The minimum Gasteiger partial charge on any atom is -0.366 e. The molecule has 11 heteroatoms. The standard InChI is InChI=1S/C23H24F3N5O3/c24-23(25,26)17-6-7-20(21(14-17)31(33)34)29-12-8-16(9-13-29)22(32)27-10-3-11-30-15-28-18-4-1-2-5-19(18)30/h1-2,4-7,14-16H,3,8-13H2,(H,27,32). The molecule has 0 bridgehead atoms. The number of anilines is 1. The third-order valence-corrected chi connectivity index (χ3v) is 6.11. The number of aryl methyl sites for hydroxylation is 1. The lowest BCUT2D eigenvalue weighted by atomic mass is 9.95. The first kappa shape index (κ1) is 23.5. The number of amides is 1. The lowest BCUT2D eigenvalue weighted by Gasteiger charge is -2.32. The number of para-hydroxylation sites is 2. The van der Waals surface area contributed by atoms with Crippen LogP contribution in [-0.4, -0.2) is 40.0 Å². The fourth-order valence-corrected chi connectivity index (χ4v) is 4.29. The van der Waals surface area contributed by atoms with E-state index >= 15 is 0 Å². The van der Waals surface area contributed by atoms with E-state index in [9.17, 15) is 28.1 Å². The van der Waals surface area contributed by atoms with Crippen LogP contribution in [0.25, 0.3) is 11.0 Å². The number of hydrogen-bond acceptors (Lipinski definition) is 5. The third kappa shape index (κ3) is 5.13. The number of imidazole rings is 1. The highest BCUT2D eigenvalue weighted by molar-refractivity contribution is 5.79. The van der Waals surface area contributed by atoms with Crippen LogP contribution in [0.3, 0.4) is 0 Å². The maximum atomic E-state index is 12.9. The Kier molecular flexibility index (Phi) is 6.71. The van der Waals surface area contributed by atoms with Gasteiger partial charge >= 0.3 is 6.18 Å². The summed E-state index contributed by atoms with van der Waals surface area (Å²) in [6.07, 6.45) is -1.20. The Morgan fingerprint density at radius 1 is 1.18 bits per heavy atom. The van der Waals surface area contributed by atoms with Gasteiger partial charge in [-0.15, -0.1) is 0 Å². The van der Waals surface area contributed by atoms with Gasteiger partial charge < -0.3 is 14.8 Å². The van der Waals surface area contributed by atoms with Crippen LogP contribution in [0.15, 0.2) is 48.8 Å². The van der Waals surface area contributed by atoms with Crippen molar-refractivity contribution < 1.29 is 22.9 Å². The first-order valence-electron chi connectivity index (χ1n) is 11.0. The summed E-state index contributed by atoms with van der Waals surface area (Å²) in [4.78, 5) is 29.1. The molecule has 1 saturated heterocycles. The van der Waals surface area contributed by atoms with E-state index in [0.29, 0.717) is 38.5 Å². The van der Waals surface area contributed by atoms with Crippen molar-refractivity contribution in [3.63, 3.8) is 0 Å². The van der Waals surface area contributed by atoms with Crippen molar-refractivity contribution >= 4 is 28.3 Å². The monoisotopic (exact) mass is 475 g/mol. The van der Waals surface area contributed by atoms with Gasteiger partial charge in [-0.25, -0.2) is 4.98 Å². The minimum absolute atomic E-state index is 0.0722. The first-order valence-corrected chi connectivity index (χ1v) is 11.0. The number of carbonyl (C=O) groups excluding carboxylic acids is 1. The van der Waals surface area contributed by atoms with Crippen LogP contribution in [0.5, 0.6) is 0 Å². The molecule has 2 heterocycles. The number of piperidine rings is 1. The molecule has 0 radical (unpaired) electrons. The van der Waals surface area contributed by atoms with Crippen molar-refractivity contribution in [1.82, 2.24) is 14.9 Å². The van der Waals surface area contributed by atoms with Crippen molar-refractivity contribution in [2.75, 3.05) is 24.5 Å². The lowest BCUT2D eigenvalue weighted by molar-refractivity contribution is -0.384. The molecule has 34 heavy (non-hydrogen) atoms. The van der Waals surface area contributed by atoms with E-state index in [1.165, 1.54) is 0 Å². The number of hydrogen-bond donors (Lipinski definition) is 1. The predicted octanol–water partition coefficient (Wildman–Crippen LogP) is 4.39. The second kappa shape index (κ2) is 9.70. The predicted molar refractivity (Wildman–Crippen MR) is 120 cm³/mol. The molecule has 1 fully saturated rings. The van der Waals surface area contributed by atoms with Gasteiger partial charge in [0.1, 0.15) is 5.69 Å². The molecule has 0 atom stereocenters. The van der Waals surface area contributed by atoms with Crippen LogP contribution in [0, 0.1) is 16.0 Å². The molecule has 2 aromatic carbocycles. The maximum Gasteiger partial charge on any atom is 0.416 e. The zero-order valence-electron chi connectivity index (χ0n) is 18.3. The molecule has 1 aliphatic rings. The smallest absolute Gasteiger partial charge is 0.366 e. The topological polar surface area (TPSA) is 93.3 Å². The van der Waals surface area contributed by atoms with Gasteiger partial charge in [0, 0.05) is 38.2 Å². The Hall–Kier alpha value is -3.63. The average Bonchev–Trinajstić information content (AvgIpc) is 3.24. The molecule has 0 saturated carbocycles. The fourth-order valence-electron chi connectivity index (χ4n) is 4.29. The van der Waals surface area contributed by atoms with E-state index in [1.54, 1.807) is 11.2 Å². The van der Waals surface area contributed by atoms with Gasteiger partial charge in [0.05, 0.1) is 27.8 Å². The molecule has 4 rings (SSSR count). The summed E-state index contributed by atoms with van der Waals surface area (Å²) in [6, 6.07) is 10.4. The average molecular weight is 475 g/mol. The number of fused-ring (bicyclic) bond motifs is 1. The summed E-state index contributed by atoms with van der Waals surface area (Å²) in [5, 5.41) is 14.3.